The minimum Gasteiger partial charge on any atom is -0.462 e. The van der Waals surface area contributed by atoms with Crippen LogP contribution >= 0.6 is 0 Å². The Bertz CT molecular complexity index is 1520. The maximum atomic E-state index is 12.8. The molecule has 75 heavy (non-hydrogen) atoms. The standard InChI is InChI=1S/C69H116O6/c1-4-7-10-13-16-18-20-22-24-26-28-30-31-32-33-34-35-36-37-38-39-40-42-43-45-47-49-51-53-56-59-62-68(71)74-65-66(64-73-67(70)61-58-55-15-12-9-6-3)75-69(72)63-60-57-54-52-50-48-46-44-41-29-27-25-23-21-19-17-14-11-8-5-2/h7,10,16,18,22,24,28,30,32-33,35-36,38-39,42-43,47,49,66H,4-6,8-9,11-15,17,19-21,23,25-27,29,31,34,37,40-41,44-46,48,50-65H2,1-3H3/b10-7-,18-16-,24-22-,30-28-,33-32-,36-35-,39-38-,43-42-,49-47-. The van der Waals surface area contributed by atoms with Crippen LogP contribution in [0.25, 0.3) is 0 Å². The molecule has 0 aliphatic heterocycles. The lowest BCUT2D eigenvalue weighted by Crippen LogP contribution is -2.30. The summed E-state index contributed by atoms with van der Waals surface area (Å²) in [5.74, 6) is -0.924. The largest absolute Gasteiger partial charge is 0.462 e. The van der Waals surface area contributed by atoms with Crippen LogP contribution in [0.15, 0.2) is 109 Å². The van der Waals surface area contributed by atoms with E-state index in [-0.39, 0.29) is 31.1 Å². The first kappa shape index (κ1) is 71.1. The van der Waals surface area contributed by atoms with E-state index in [4.69, 9.17) is 14.2 Å². The summed E-state index contributed by atoms with van der Waals surface area (Å²) < 4.78 is 16.8. The van der Waals surface area contributed by atoms with Gasteiger partial charge in [0.05, 0.1) is 0 Å². The first-order chi connectivity index (χ1) is 37.0. The van der Waals surface area contributed by atoms with Gasteiger partial charge >= 0.3 is 17.9 Å². The summed E-state index contributed by atoms with van der Waals surface area (Å²) in [5, 5.41) is 0. The molecule has 0 N–H and O–H groups in total. The van der Waals surface area contributed by atoms with E-state index in [1.807, 2.05) is 0 Å². The monoisotopic (exact) mass is 1040 g/mol. The van der Waals surface area contributed by atoms with Gasteiger partial charge in [0.2, 0.25) is 0 Å². The molecule has 0 aliphatic rings. The van der Waals surface area contributed by atoms with E-state index < -0.39 is 6.10 Å². The molecule has 0 amide bonds. The first-order valence-corrected chi connectivity index (χ1v) is 31.4. The van der Waals surface area contributed by atoms with Crippen molar-refractivity contribution in [1.82, 2.24) is 0 Å². The van der Waals surface area contributed by atoms with Gasteiger partial charge in [0, 0.05) is 19.3 Å². The topological polar surface area (TPSA) is 78.9 Å². The molecule has 428 valence electrons. The van der Waals surface area contributed by atoms with Crippen molar-refractivity contribution in [3.8, 4) is 0 Å². The predicted octanol–water partition coefficient (Wildman–Crippen LogP) is 21.4. The fraction of sp³-hybridized carbons (Fsp3) is 0.696. The summed E-state index contributed by atoms with van der Waals surface area (Å²) in [6.45, 7) is 6.46. The highest BCUT2D eigenvalue weighted by atomic mass is 16.6. The highest BCUT2D eigenvalue weighted by Crippen LogP contribution is 2.16. The molecule has 0 fully saturated rings. The second kappa shape index (κ2) is 62.6. The Hall–Kier alpha value is -3.93. The summed E-state index contributed by atoms with van der Waals surface area (Å²) >= 11 is 0. The molecule has 0 aliphatic carbocycles. The van der Waals surface area contributed by atoms with Crippen molar-refractivity contribution >= 4 is 17.9 Å². The molecule has 1 unspecified atom stereocenters. The predicted molar refractivity (Wildman–Crippen MR) is 325 cm³/mol. The Morgan fingerprint density at radius 1 is 0.280 bits per heavy atom. The molecule has 0 aromatic heterocycles. The number of carbonyl (C=O) groups is 3. The van der Waals surface area contributed by atoms with Gasteiger partial charge in [0.25, 0.3) is 0 Å². The zero-order valence-corrected chi connectivity index (χ0v) is 49.0. The number of allylic oxidation sites excluding steroid dienone is 18. The minimum absolute atomic E-state index is 0.0871. The number of rotatable bonds is 56. The van der Waals surface area contributed by atoms with E-state index >= 15 is 0 Å². The highest BCUT2D eigenvalue weighted by Gasteiger charge is 2.19. The molecule has 6 heteroatoms. The molecule has 0 aromatic rings. The van der Waals surface area contributed by atoms with Gasteiger partial charge in [0.15, 0.2) is 6.10 Å². The average Bonchev–Trinajstić information content (AvgIpc) is 3.41. The van der Waals surface area contributed by atoms with Gasteiger partial charge in [-0.2, -0.15) is 0 Å². The summed E-state index contributed by atoms with van der Waals surface area (Å²) in [4.78, 5) is 38.0. The van der Waals surface area contributed by atoms with Gasteiger partial charge < -0.3 is 14.2 Å². The quantitative estimate of drug-likeness (QED) is 0.0261. The van der Waals surface area contributed by atoms with Crippen LogP contribution in [-0.2, 0) is 28.6 Å². The molecule has 0 aromatic carbocycles. The Balaban J connectivity index is 4.19. The Labute approximate surface area is 463 Å². The second-order valence-electron chi connectivity index (χ2n) is 20.6. The number of carbonyl (C=O) groups excluding carboxylic acids is 3. The Morgan fingerprint density at radius 2 is 0.520 bits per heavy atom. The molecule has 0 heterocycles. The fourth-order valence-corrected chi connectivity index (χ4v) is 8.61. The van der Waals surface area contributed by atoms with Crippen LogP contribution in [0.4, 0.5) is 0 Å². The van der Waals surface area contributed by atoms with Crippen molar-refractivity contribution in [3.63, 3.8) is 0 Å². The third-order valence-electron chi connectivity index (χ3n) is 13.3. The molecule has 0 saturated carbocycles. The van der Waals surface area contributed by atoms with Crippen LogP contribution in [-0.4, -0.2) is 37.2 Å². The maximum absolute atomic E-state index is 12.8. The zero-order valence-electron chi connectivity index (χ0n) is 49.0. The number of hydrogen-bond donors (Lipinski definition) is 0. The molecular weight excluding hydrogens is 925 g/mol. The number of unbranched alkanes of at least 4 members (excludes halogenated alkanes) is 27. The van der Waals surface area contributed by atoms with Crippen molar-refractivity contribution in [2.24, 2.45) is 0 Å². The van der Waals surface area contributed by atoms with E-state index in [2.05, 4.69) is 130 Å². The second-order valence-corrected chi connectivity index (χ2v) is 20.6. The minimum atomic E-state index is -0.788. The smallest absolute Gasteiger partial charge is 0.306 e. The van der Waals surface area contributed by atoms with Crippen LogP contribution < -0.4 is 0 Å². The summed E-state index contributed by atoms with van der Waals surface area (Å²) in [6.07, 6.45) is 85.6. The van der Waals surface area contributed by atoms with E-state index in [1.54, 1.807) is 0 Å². The summed E-state index contributed by atoms with van der Waals surface area (Å²) in [5.41, 5.74) is 0. The van der Waals surface area contributed by atoms with Crippen LogP contribution in [0.2, 0.25) is 0 Å². The van der Waals surface area contributed by atoms with Gasteiger partial charge in [-0.25, -0.2) is 0 Å². The van der Waals surface area contributed by atoms with Gasteiger partial charge in [0.1, 0.15) is 13.2 Å². The fourth-order valence-electron chi connectivity index (χ4n) is 8.61. The van der Waals surface area contributed by atoms with Gasteiger partial charge in [-0.15, -0.1) is 0 Å². The van der Waals surface area contributed by atoms with Crippen LogP contribution in [0, 0.1) is 0 Å². The maximum Gasteiger partial charge on any atom is 0.306 e. The Morgan fingerprint density at radius 3 is 0.813 bits per heavy atom. The lowest BCUT2D eigenvalue weighted by molar-refractivity contribution is -0.167. The Kier molecular flexibility index (Phi) is 59.3. The average molecular weight is 1040 g/mol. The third kappa shape index (κ3) is 60.8. The first-order valence-electron chi connectivity index (χ1n) is 31.4. The summed E-state index contributed by atoms with van der Waals surface area (Å²) in [7, 11) is 0. The molecule has 0 rings (SSSR count). The van der Waals surface area contributed by atoms with E-state index in [0.717, 1.165) is 122 Å². The third-order valence-corrected chi connectivity index (χ3v) is 13.3. The van der Waals surface area contributed by atoms with Crippen molar-refractivity contribution in [3.05, 3.63) is 109 Å². The van der Waals surface area contributed by atoms with Crippen LogP contribution in [0.3, 0.4) is 0 Å². The summed E-state index contributed by atoms with van der Waals surface area (Å²) in [6, 6.07) is 0. The molecule has 0 saturated heterocycles. The number of ether oxygens (including phenoxy) is 3. The lowest BCUT2D eigenvalue weighted by atomic mass is 10.0. The number of esters is 3. The lowest BCUT2D eigenvalue weighted by Gasteiger charge is -2.18. The molecule has 0 radical (unpaired) electrons. The molecule has 0 bridgehead atoms. The van der Waals surface area contributed by atoms with Gasteiger partial charge in [-0.3, -0.25) is 14.4 Å². The van der Waals surface area contributed by atoms with E-state index in [1.165, 1.54) is 128 Å². The SMILES string of the molecule is CC/C=C\C/C=C\C/C=C\C/C=C\C/C=C\C/C=C\C/C=C\C/C=C\C/C=C\CCCCCC(=O)OCC(COC(=O)CCCCCCCC)OC(=O)CCCCCCCCCCCCCCCCCCCCCC. The van der Waals surface area contributed by atoms with Crippen LogP contribution in [0.5, 0.6) is 0 Å². The van der Waals surface area contributed by atoms with E-state index in [0.29, 0.717) is 19.3 Å². The normalized spacial score (nSPS) is 12.8. The highest BCUT2D eigenvalue weighted by molar-refractivity contribution is 5.71. The molecule has 1 atom stereocenters. The van der Waals surface area contributed by atoms with Crippen molar-refractivity contribution in [2.45, 2.75) is 297 Å². The van der Waals surface area contributed by atoms with Gasteiger partial charge in [-0.05, 0) is 89.9 Å². The molecule has 6 nitrogen and oxygen atoms in total. The zero-order chi connectivity index (χ0) is 54.3. The van der Waals surface area contributed by atoms with E-state index in [9.17, 15) is 14.4 Å². The van der Waals surface area contributed by atoms with Crippen LogP contribution in [0.1, 0.15) is 290 Å². The van der Waals surface area contributed by atoms with Gasteiger partial charge in [-0.1, -0.05) is 291 Å². The van der Waals surface area contributed by atoms with Crippen molar-refractivity contribution in [2.75, 3.05) is 13.2 Å². The van der Waals surface area contributed by atoms with Crippen molar-refractivity contribution in [1.29, 1.82) is 0 Å². The number of hydrogen-bond acceptors (Lipinski definition) is 6. The molecular formula is C69H116O6. The molecule has 0 spiro atoms. The van der Waals surface area contributed by atoms with Crippen molar-refractivity contribution < 1.29 is 28.6 Å².